The normalized spacial score (nSPS) is 10.4. The Labute approximate surface area is 123 Å². The van der Waals surface area contributed by atoms with Crippen molar-refractivity contribution in [3.05, 3.63) is 58.4 Å². The molecule has 4 heteroatoms. The average molecular weight is 294 g/mol. The van der Waals surface area contributed by atoms with Crippen molar-refractivity contribution in [2.45, 2.75) is 13.8 Å². The van der Waals surface area contributed by atoms with E-state index in [1.54, 1.807) is 12.1 Å². The van der Waals surface area contributed by atoms with Crippen LogP contribution in [0.1, 0.15) is 11.1 Å². The van der Waals surface area contributed by atoms with Gasteiger partial charge in [-0.1, -0.05) is 11.6 Å². The van der Waals surface area contributed by atoms with E-state index in [1.165, 1.54) is 12.1 Å². The van der Waals surface area contributed by atoms with Crippen LogP contribution in [0.3, 0.4) is 0 Å². The molecule has 0 amide bonds. The minimum absolute atomic E-state index is 0.237. The van der Waals surface area contributed by atoms with Crippen molar-refractivity contribution in [3.8, 4) is 5.75 Å². The first kappa shape index (κ1) is 14.7. The number of anilines is 1. The molecule has 2 aromatic rings. The summed E-state index contributed by atoms with van der Waals surface area (Å²) >= 11 is 5.98. The summed E-state index contributed by atoms with van der Waals surface area (Å²) in [5.41, 5.74) is 2.92. The summed E-state index contributed by atoms with van der Waals surface area (Å²) < 4.78 is 18.5. The van der Waals surface area contributed by atoms with Gasteiger partial charge in [0.05, 0.1) is 0 Å². The van der Waals surface area contributed by atoms with Gasteiger partial charge in [0.25, 0.3) is 0 Å². The third kappa shape index (κ3) is 3.87. The molecule has 0 heterocycles. The molecular formula is C16H17ClFNO. The molecule has 106 valence electrons. The highest BCUT2D eigenvalue weighted by Gasteiger charge is 2.05. The van der Waals surface area contributed by atoms with Crippen LogP contribution < -0.4 is 10.1 Å². The summed E-state index contributed by atoms with van der Waals surface area (Å²) in [6.07, 6.45) is 0. The molecule has 1 N–H and O–H groups in total. The van der Waals surface area contributed by atoms with E-state index in [0.29, 0.717) is 13.2 Å². The summed E-state index contributed by atoms with van der Waals surface area (Å²) in [5.74, 6) is 0.634. The van der Waals surface area contributed by atoms with Crippen LogP contribution in [0, 0.1) is 19.7 Å². The molecule has 2 nitrogen and oxygen atoms in total. The smallest absolute Gasteiger partial charge is 0.125 e. The van der Waals surface area contributed by atoms with Gasteiger partial charge in [0.2, 0.25) is 0 Å². The van der Waals surface area contributed by atoms with Gasteiger partial charge < -0.3 is 10.1 Å². The zero-order valence-electron chi connectivity index (χ0n) is 11.5. The van der Waals surface area contributed by atoms with E-state index in [2.05, 4.69) is 5.32 Å². The number of hydrogen-bond donors (Lipinski definition) is 1. The van der Waals surface area contributed by atoms with Crippen molar-refractivity contribution >= 4 is 17.3 Å². The molecular weight excluding hydrogens is 277 g/mol. The summed E-state index contributed by atoms with van der Waals surface area (Å²) in [4.78, 5) is 0. The summed E-state index contributed by atoms with van der Waals surface area (Å²) in [5, 5.41) is 3.89. The largest absolute Gasteiger partial charge is 0.491 e. The summed E-state index contributed by atoms with van der Waals surface area (Å²) in [6, 6.07) is 10.0. The Balaban J connectivity index is 1.86. The molecule has 0 unspecified atom stereocenters. The van der Waals surface area contributed by atoms with Crippen LogP contribution in [-0.4, -0.2) is 13.2 Å². The lowest BCUT2D eigenvalue weighted by Crippen LogP contribution is -2.12. The maximum Gasteiger partial charge on any atom is 0.125 e. The number of benzene rings is 2. The van der Waals surface area contributed by atoms with E-state index < -0.39 is 0 Å². The first-order valence-corrected chi connectivity index (χ1v) is 6.83. The number of ether oxygens (including phenoxy) is 1. The average Bonchev–Trinajstić information content (AvgIpc) is 2.39. The molecule has 2 aromatic carbocycles. The highest BCUT2D eigenvalue weighted by Crippen LogP contribution is 2.26. The van der Waals surface area contributed by atoms with Crippen LogP contribution in [0.5, 0.6) is 5.75 Å². The molecule has 0 saturated heterocycles. The first-order valence-electron chi connectivity index (χ1n) is 6.45. The Bertz CT molecular complexity index is 561. The lowest BCUT2D eigenvalue weighted by atomic mass is 10.1. The van der Waals surface area contributed by atoms with Crippen LogP contribution >= 0.6 is 11.6 Å². The Morgan fingerprint density at radius 2 is 1.70 bits per heavy atom. The standard InChI is InChI=1S/C16H17ClFNO/c1-11-9-13(17)10-12(2)16(11)20-8-7-19-15-5-3-14(18)4-6-15/h3-6,9-10,19H,7-8H2,1-2H3. The van der Waals surface area contributed by atoms with Gasteiger partial charge in [-0.15, -0.1) is 0 Å². The zero-order valence-corrected chi connectivity index (χ0v) is 12.3. The second kappa shape index (κ2) is 6.62. The van der Waals surface area contributed by atoms with Crippen LogP contribution in [0.15, 0.2) is 36.4 Å². The monoisotopic (exact) mass is 293 g/mol. The molecule has 2 rings (SSSR count). The number of aryl methyl sites for hydroxylation is 2. The lowest BCUT2D eigenvalue weighted by molar-refractivity contribution is 0.328. The van der Waals surface area contributed by atoms with E-state index >= 15 is 0 Å². The predicted molar refractivity (Wildman–Crippen MR) is 81.3 cm³/mol. The van der Waals surface area contributed by atoms with Crippen LogP contribution in [0.4, 0.5) is 10.1 Å². The third-order valence-corrected chi connectivity index (χ3v) is 3.17. The molecule has 20 heavy (non-hydrogen) atoms. The van der Waals surface area contributed by atoms with Crippen LogP contribution in [-0.2, 0) is 0 Å². The second-order valence-corrected chi connectivity index (χ2v) is 5.09. The number of nitrogens with one attached hydrogen (secondary N) is 1. The maximum atomic E-state index is 12.8. The van der Waals surface area contributed by atoms with Gasteiger partial charge in [-0.05, 0) is 61.4 Å². The molecule has 0 aromatic heterocycles. The Morgan fingerprint density at radius 3 is 2.30 bits per heavy atom. The molecule has 0 bridgehead atoms. The van der Waals surface area contributed by atoms with Gasteiger partial charge in [0, 0.05) is 17.3 Å². The minimum Gasteiger partial charge on any atom is -0.491 e. The first-order chi connectivity index (χ1) is 9.56. The van der Waals surface area contributed by atoms with E-state index in [4.69, 9.17) is 16.3 Å². The number of rotatable bonds is 5. The molecule has 0 aliphatic rings. The van der Waals surface area contributed by atoms with Crippen LogP contribution in [0.2, 0.25) is 5.02 Å². The number of hydrogen-bond acceptors (Lipinski definition) is 2. The SMILES string of the molecule is Cc1cc(Cl)cc(C)c1OCCNc1ccc(F)cc1. The lowest BCUT2D eigenvalue weighted by Gasteiger charge is -2.13. The molecule has 0 radical (unpaired) electrons. The van der Waals surface area contributed by atoms with Crippen molar-refractivity contribution < 1.29 is 9.13 Å². The van der Waals surface area contributed by atoms with Crippen molar-refractivity contribution in [2.24, 2.45) is 0 Å². The number of halogens is 2. The third-order valence-electron chi connectivity index (χ3n) is 2.95. The molecule has 0 fully saturated rings. The van der Waals surface area contributed by atoms with Crippen molar-refractivity contribution in [3.63, 3.8) is 0 Å². The molecule has 0 atom stereocenters. The Hall–Kier alpha value is -1.74. The van der Waals surface area contributed by atoms with E-state index in [1.807, 2.05) is 26.0 Å². The fourth-order valence-corrected chi connectivity index (χ4v) is 2.37. The Kier molecular flexibility index (Phi) is 4.85. The molecule has 0 aliphatic carbocycles. The van der Waals surface area contributed by atoms with Gasteiger partial charge in [-0.3, -0.25) is 0 Å². The van der Waals surface area contributed by atoms with Crippen LogP contribution in [0.25, 0.3) is 0 Å². The topological polar surface area (TPSA) is 21.3 Å². The van der Waals surface area contributed by atoms with E-state index in [0.717, 1.165) is 27.6 Å². The van der Waals surface area contributed by atoms with Gasteiger partial charge in [0.15, 0.2) is 0 Å². The molecule has 0 saturated carbocycles. The highest BCUT2D eigenvalue weighted by molar-refractivity contribution is 6.30. The maximum absolute atomic E-state index is 12.8. The Morgan fingerprint density at radius 1 is 1.10 bits per heavy atom. The highest BCUT2D eigenvalue weighted by atomic mass is 35.5. The molecule has 0 spiro atoms. The van der Waals surface area contributed by atoms with Gasteiger partial charge >= 0.3 is 0 Å². The second-order valence-electron chi connectivity index (χ2n) is 4.65. The fourth-order valence-electron chi connectivity index (χ4n) is 2.04. The van der Waals surface area contributed by atoms with Gasteiger partial charge in [-0.2, -0.15) is 0 Å². The zero-order chi connectivity index (χ0) is 14.5. The summed E-state index contributed by atoms with van der Waals surface area (Å²) in [6.45, 7) is 5.12. The quantitative estimate of drug-likeness (QED) is 0.814. The van der Waals surface area contributed by atoms with Gasteiger partial charge in [-0.25, -0.2) is 4.39 Å². The van der Waals surface area contributed by atoms with E-state index in [-0.39, 0.29) is 5.82 Å². The predicted octanol–water partition coefficient (Wildman–Crippen LogP) is 4.59. The minimum atomic E-state index is -0.237. The van der Waals surface area contributed by atoms with Crippen molar-refractivity contribution in [1.82, 2.24) is 0 Å². The van der Waals surface area contributed by atoms with E-state index in [9.17, 15) is 4.39 Å². The van der Waals surface area contributed by atoms with Gasteiger partial charge in [0.1, 0.15) is 18.2 Å². The van der Waals surface area contributed by atoms with Crippen molar-refractivity contribution in [1.29, 1.82) is 0 Å². The fraction of sp³-hybridized carbons (Fsp3) is 0.250. The summed E-state index contributed by atoms with van der Waals surface area (Å²) in [7, 11) is 0. The van der Waals surface area contributed by atoms with Crippen molar-refractivity contribution in [2.75, 3.05) is 18.5 Å². The molecule has 0 aliphatic heterocycles.